The number of rotatable bonds is 1. The summed E-state index contributed by atoms with van der Waals surface area (Å²) in [6.07, 6.45) is 0. The molecule has 1 N–H and O–H groups in total. The molecule has 0 atom stereocenters. The fourth-order valence-corrected chi connectivity index (χ4v) is 0.725. The van der Waals surface area contributed by atoms with Gasteiger partial charge in [-0.1, -0.05) is 12.1 Å². The predicted octanol–water partition coefficient (Wildman–Crippen LogP) is 1.59. The van der Waals surface area contributed by atoms with E-state index in [4.69, 9.17) is 5.11 Å². The van der Waals surface area contributed by atoms with Crippen LogP contribution >= 0.6 is 0 Å². The van der Waals surface area contributed by atoms with Gasteiger partial charge in [-0.2, -0.15) is 0 Å². The van der Waals surface area contributed by atoms with Crippen LogP contribution in [0.3, 0.4) is 0 Å². The first-order valence-corrected chi connectivity index (χ1v) is 3.00. The molecule has 5 heteroatoms. The van der Waals surface area contributed by atoms with Crippen molar-refractivity contribution in [1.29, 1.82) is 0 Å². The van der Waals surface area contributed by atoms with Crippen molar-refractivity contribution in [2.45, 2.75) is 6.92 Å². The number of hydrogen-bond acceptors (Lipinski definition) is 2. The van der Waals surface area contributed by atoms with Gasteiger partial charge in [0, 0.05) is 104 Å². The Morgan fingerprint density at radius 3 is 2.08 bits per heavy atom. The van der Waals surface area contributed by atoms with E-state index in [-0.39, 0.29) is 110 Å². The molecule has 0 aliphatic carbocycles. The molecule has 0 amide bonds. The summed E-state index contributed by atoms with van der Waals surface area (Å²) in [5.41, 5.74) is 0.542. The summed E-state index contributed by atoms with van der Waals surface area (Å²) in [5.74, 6) is 0.101. The van der Waals surface area contributed by atoms with Gasteiger partial charge in [0.25, 0.3) is 0 Å². The Hall–Kier alpha value is 2.00. The standard InChI is InChI=1S/C8H8O2.3Y/c1-6(9)7-3-2-4-8(10)5-7;;;/h2-5,10H,1H3;;;. The summed E-state index contributed by atoms with van der Waals surface area (Å²) in [6.45, 7) is 1.47. The van der Waals surface area contributed by atoms with Crippen molar-refractivity contribution in [1.82, 2.24) is 0 Å². The van der Waals surface area contributed by atoms with Crippen LogP contribution in [0.1, 0.15) is 17.3 Å². The van der Waals surface area contributed by atoms with Gasteiger partial charge >= 0.3 is 0 Å². The first kappa shape index (κ1) is 20.4. The molecule has 0 bridgehead atoms. The third-order valence-corrected chi connectivity index (χ3v) is 1.25. The largest absolute Gasteiger partial charge is 0.508 e. The van der Waals surface area contributed by atoms with Crippen molar-refractivity contribution in [3.05, 3.63) is 29.8 Å². The molecule has 0 aromatic heterocycles. The van der Waals surface area contributed by atoms with E-state index in [1.165, 1.54) is 19.1 Å². The monoisotopic (exact) mass is 403 g/mol. The second kappa shape index (κ2) is 10.5. The van der Waals surface area contributed by atoms with Gasteiger partial charge in [-0.25, -0.2) is 0 Å². The van der Waals surface area contributed by atoms with Crippen molar-refractivity contribution in [3.63, 3.8) is 0 Å². The molecular weight excluding hydrogens is 395 g/mol. The minimum Gasteiger partial charge on any atom is -0.508 e. The van der Waals surface area contributed by atoms with Gasteiger partial charge in [0.2, 0.25) is 0 Å². The fraction of sp³-hybridized carbons (Fsp3) is 0.125. The Kier molecular flexibility index (Phi) is 16.5. The maximum atomic E-state index is 10.7. The molecule has 1 aromatic carbocycles. The van der Waals surface area contributed by atoms with Crippen LogP contribution in [-0.2, 0) is 98.1 Å². The van der Waals surface area contributed by atoms with Crippen molar-refractivity contribution in [2.24, 2.45) is 0 Å². The molecule has 0 aliphatic heterocycles. The average molecular weight is 403 g/mol. The molecule has 1 rings (SSSR count). The smallest absolute Gasteiger partial charge is 0.159 e. The van der Waals surface area contributed by atoms with Crippen LogP contribution in [0.15, 0.2) is 24.3 Å². The summed E-state index contributed by atoms with van der Waals surface area (Å²) >= 11 is 0. The number of ketones is 1. The van der Waals surface area contributed by atoms with E-state index in [1.54, 1.807) is 12.1 Å². The van der Waals surface area contributed by atoms with E-state index in [1.807, 2.05) is 0 Å². The molecule has 0 saturated carbocycles. The summed E-state index contributed by atoms with van der Waals surface area (Å²) < 4.78 is 0. The molecule has 0 saturated heterocycles. The molecule has 1 aromatic rings. The van der Waals surface area contributed by atoms with Crippen molar-refractivity contribution in [3.8, 4) is 5.75 Å². The Labute approximate surface area is 153 Å². The van der Waals surface area contributed by atoms with Gasteiger partial charge < -0.3 is 5.11 Å². The van der Waals surface area contributed by atoms with E-state index in [0.717, 1.165) is 0 Å². The summed E-state index contributed by atoms with van der Waals surface area (Å²) in [4.78, 5) is 10.7. The quantitative estimate of drug-likeness (QED) is 0.724. The van der Waals surface area contributed by atoms with E-state index >= 15 is 0 Å². The zero-order valence-corrected chi connectivity index (χ0v) is 15.9. The summed E-state index contributed by atoms with van der Waals surface area (Å²) in [5, 5.41) is 8.91. The molecule has 61 valence electrons. The fourth-order valence-electron chi connectivity index (χ4n) is 0.725. The molecule has 13 heavy (non-hydrogen) atoms. The number of phenols is 1. The first-order valence-electron chi connectivity index (χ1n) is 3.00. The normalized spacial score (nSPS) is 7.15. The van der Waals surface area contributed by atoms with Crippen LogP contribution in [0.2, 0.25) is 0 Å². The van der Waals surface area contributed by atoms with Crippen molar-refractivity contribution >= 4 is 5.78 Å². The Bertz CT molecular complexity index is 263. The van der Waals surface area contributed by atoms with Gasteiger partial charge in [0.15, 0.2) is 5.78 Å². The maximum absolute atomic E-state index is 10.7. The Morgan fingerprint density at radius 1 is 1.23 bits per heavy atom. The van der Waals surface area contributed by atoms with E-state index in [0.29, 0.717) is 5.56 Å². The number of benzene rings is 1. The average Bonchev–Trinajstić information content (AvgIpc) is 1.88. The predicted molar refractivity (Wildman–Crippen MR) is 38.1 cm³/mol. The second-order valence-electron chi connectivity index (χ2n) is 2.11. The van der Waals surface area contributed by atoms with E-state index in [9.17, 15) is 4.79 Å². The molecule has 0 aliphatic rings. The van der Waals surface area contributed by atoms with Crippen LogP contribution in [0.4, 0.5) is 0 Å². The van der Waals surface area contributed by atoms with Crippen LogP contribution in [0.25, 0.3) is 0 Å². The van der Waals surface area contributed by atoms with Gasteiger partial charge in [-0.05, 0) is 19.1 Å². The van der Waals surface area contributed by atoms with E-state index < -0.39 is 0 Å². The Balaban J connectivity index is -0.000000333. The van der Waals surface area contributed by atoms with Gasteiger partial charge in [-0.15, -0.1) is 0 Å². The molecule has 2 nitrogen and oxygen atoms in total. The number of Topliss-reactive ketones (excluding diaryl/α,β-unsaturated/α-hetero) is 1. The third kappa shape index (κ3) is 7.88. The zero-order chi connectivity index (χ0) is 7.56. The molecule has 0 unspecified atom stereocenters. The molecule has 3 radical (unpaired) electrons. The minimum atomic E-state index is -0.0316. The van der Waals surface area contributed by atoms with Crippen LogP contribution in [-0.4, -0.2) is 10.9 Å². The summed E-state index contributed by atoms with van der Waals surface area (Å²) in [7, 11) is 0. The SMILES string of the molecule is CC(=O)c1cccc(O)c1.[Y].[Y].[Y]. The zero-order valence-electron chi connectivity index (χ0n) is 7.40. The van der Waals surface area contributed by atoms with E-state index in [2.05, 4.69) is 0 Å². The number of phenolic OH excluding ortho intramolecular Hbond substituents is 1. The van der Waals surface area contributed by atoms with Crippen LogP contribution in [0.5, 0.6) is 5.75 Å². The van der Waals surface area contributed by atoms with Crippen molar-refractivity contribution < 1.29 is 108 Å². The van der Waals surface area contributed by atoms with Crippen LogP contribution < -0.4 is 0 Å². The minimum absolute atomic E-state index is 0. The number of carbonyl (C=O) groups is 1. The molecule has 0 spiro atoms. The van der Waals surface area contributed by atoms with Gasteiger partial charge in [-0.3, -0.25) is 4.79 Å². The number of carbonyl (C=O) groups excluding carboxylic acids is 1. The maximum Gasteiger partial charge on any atom is 0.159 e. The molecule has 0 fully saturated rings. The van der Waals surface area contributed by atoms with Gasteiger partial charge in [0.05, 0.1) is 0 Å². The number of hydrogen-bond donors (Lipinski definition) is 1. The summed E-state index contributed by atoms with van der Waals surface area (Å²) in [6, 6.07) is 6.29. The van der Waals surface area contributed by atoms with Crippen LogP contribution in [0, 0.1) is 0 Å². The Morgan fingerprint density at radius 2 is 1.77 bits per heavy atom. The second-order valence-corrected chi connectivity index (χ2v) is 2.11. The molecule has 0 heterocycles. The number of aromatic hydroxyl groups is 1. The van der Waals surface area contributed by atoms with Gasteiger partial charge in [0.1, 0.15) is 5.75 Å². The topological polar surface area (TPSA) is 37.3 Å². The van der Waals surface area contributed by atoms with Crippen molar-refractivity contribution in [2.75, 3.05) is 0 Å². The molecular formula is C8H8O2Y3. The first-order chi connectivity index (χ1) is 4.70. The third-order valence-electron chi connectivity index (χ3n) is 1.25.